The summed E-state index contributed by atoms with van der Waals surface area (Å²) in [6.45, 7) is 3.18. The van der Waals surface area contributed by atoms with Gasteiger partial charge in [0, 0.05) is 45.2 Å². The van der Waals surface area contributed by atoms with Gasteiger partial charge in [-0.2, -0.15) is 17.0 Å². The van der Waals surface area contributed by atoms with Crippen LogP contribution in [0.25, 0.3) is 0 Å². The molecular formula is C10H20N4O3S. The Hall–Kier alpha value is -0.700. The Morgan fingerprint density at radius 2 is 1.56 bits per heavy atom. The molecule has 0 radical (unpaired) electrons. The van der Waals surface area contributed by atoms with Crippen LogP contribution in [-0.2, 0) is 15.0 Å². The number of carbonyl (C=O) groups is 1. The average molecular weight is 276 g/mol. The summed E-state index contributed by atoms with van der Waals surface area (Å²) >= 11 is 0. The van der Waals surface area contributed by atoms with E-state index in [1.165, 1.54) is 8.61 Å². The minimum absolute atomic E-state index is 0.181. The number of primary amides is 1. The second-order valence-electron chi connectivity index (χ2n) is 4.73. The maximum Gasteiger partial charge on any atom is 0.282 e. The van der Waals surface area contributed by atoms with Crippen molar-refractivity contribution in [3.05, 3.63) is 0 Å². The Balaban J connectivity index is 1.97. The first-order valence-corrected chi connectivity index (χ1v) is 7.67. The molecule has 18 heavy (non-hydrogen) atoms. The summed E-state index contributed by atoms with van der Waals surface area (Å²) in [6, 6.07) is 0. The number of piperidine rings is 1. The van der Waals surface area contributed by atoms with E-state index in [4.69, 9.17) is 5.73 Å². The van der Waals surface area contributed by atoms with Gasteiger partial charge in [0.15, 0.2) is 0 Å². The number of carbonyl (C=O) groups excluding carboxylic acids is 1. The Labute approximate surface area is 107 Å². The summed E-state index contributed by atoms with van der Waals surface area (Å²) in [6.07, 6.45) is 1.06. The minimum atomic E-state index is -3.36. The quantitative estimate of drug-likeness (QED) is 0.644. The molecule has 0 saturated carbocycles. The Kier molecular flexibility index (Phi) is 4.21. The third-order valence-electron chi connectivity index (χ3n) is 3.58. The molecule has 0 aromatic rings. The van der Waals surface area contributed by atoms with Crippen molar-refractivity contribution in [2.45, 2.75) is 12.8 Å². The number of amides is 1. The lowest BCUT2D eigenvalue weighted by molar-refractivity contribution is -0.122. The second kappa shape index (κ2) is 5.52. The van der Waals surface area contributed by atoms with E-state index >= 15 is 0 Å². The van der Waals surface area contributed by atoms with Crippen molar-refractivity contribution in [3.63, 3.8) is 0 Å². The molecular weight excluding hydrogens is 256 g/mol. The van der Waals surface area contributed by atoms with Crippen LogP contribution in [0.2, 0.25) is 0 Å². The molecule has 2 saturated heterocycles. The fourth-order valence-electron chi connectivity index (χ4n) is 2.41. The summed E-state index contributed by atoms with van der Waals surface area (Å²) in [7, 11) is -3.36. The first-order valence-electron chi connectivity index (χ1n) is 6.27. The van der Waals surface area contributed by atoms with Crippen LogP contribution in [0.3, 0.4) is 0 Å². The van der Waals surface area contributed by atoms with E-state index in [9.17, 15) is 13.2 Å². The van der Waals surface area contributed by atoms with Crippen LogP contribution >= 0.6 is 0 Å². The molecule has 8 heteroatoms. The number of nitrogens with two attached hydrogens (primary N) is 1. The molecule has 1 amide bonds. The molecule has 0 spiro atoms. The van der Waals surface area contributed by atoms with Crippen molar-refractivity contribution in [2.24, 2.45) is 11.7 Å². The number of hydrogen-bond acceptors (Lipinski definition) is 4. The zero-order chi connectivity index (χ0) is 13.2. The van der Waals surface area contributed by atoms with Gasteiger partial charge in [0.05, 0.1) is 0 Å². The predicted molar refractivity (Wildman–Crippen MR) is 66.9 cm³/mol. The van der Waals surface area contributed by atoms with Crippen LogP contribution in [0.15, 0.2) is 0 Å². The standard InChI is InChI=1S/C10H20N4O3S/c11-10(15)9-1-5-13(6-2-9)18(16,17)14-7-3-12-4-8-14/h9,12H,1-8H2,(H2,11,15). The van der Waals surface area contributed by atoms with Crippen LogP contribution in [0.5, 0.6) is 0 Å². The van der Waals surface area contributed by atoms with Gasteiger partial charge >= 0.3 is 0 Å². The molecule has 3 N–H and O–H groups in total. The lowest BCUT2D eigenvalue weighted by Crippen LogP contribution is -2.53. The number of nitrogens with one attached hydrogen (secondary N) is 1. The molecule has 0 atom stereocenters. The van der Waals surface area contributed by atoms with Crippen molar-refractivity contribution in [3.8, 4) is 0 Å². The van der Waals surface area contributed by atoms with Crippen molar-refractivity contribution in [2.75, 3.05) is 39.3 Å². The van der Waals surface area contributed by atoms with Gasteiger partial charge in [0.25, 0.3) is 10.2 Å². The van der Waals surface area contributed by atoms with Gasteiger partial charge in [0.1, 0.15) is 0 Å². The molecule has 0 aliphatic carbocycles. The Bertz CT molecular complexity index is 397. The minimum Gasteiger partial charge on any atom is -0.369 e. The van der Waals surface area contributed by atoms with E-state index in [1.807, 2.05) is 0 Å². The monoisotopic (exact) mass is 276 g/mol. The molecule has 2 heterocycles. The second-order valence-corrected chi connectivity index (χ2v) is 6.66. The third-order valence-corrected chi connectivity index (χ3v) is 5.62. The molecule has 2 fully saturated rings. The highest BCUT2D eigenvalue weighted by atomic mass is 32.2. The summed E-state index contributed by atoms with van der Waals surface area (Å²) in [5, 5.41) is 3.13. The zero-order valence-corrected chi connectivity index (χ0v) is 11.2. The fraction of sp³-hybridized carbons (Fsp3) is 0.900. The van der Waals surface area contributed by atoms with Crippen molar-refractivity contribution < 1.29 is 13.2 Å². The lowest BCUT2D eigenvalue weighted by atomic mass is 9.98. The normalized spacial score (nSPS) is 25.1. The molecule has 2 rings (SSSR count). The number of nitrogens with zero attached hydrogens (tertiary/aromatic N) is 2. The highest BCUT2D eigenvalue weighted by Gasteiger charge is 2.34. The topological polar surface area (TPSA) is 95.7 Å². The molecule has 0 aromatic heterocycles. The average Bonchev–Trinajstić information content (AvgIpc) is 2.40. The van der Waals surface area contributed by atoms with Gasteiger partial charge in [-0.3, -0.25) is 4.79 Å². The van der Waals surface area contributed by atoms with Gasteiger partial charge in [-0.05, 0) is 12.8 Å². The Morgan fingerprint density at radius 1 is 1.06 bits per heavy atom. The van der Waals surface area contributed by atoms with Gasteiger partial charge in [-0.1, -0.05) is 0 Å². The number of hydrogen-bond donors (Lipinski definition) is 2. The van der Waals surface area contributed by atoms with Crippen molar-refractivity contribution in [1.29, 1.82) is 0 Å². The molecule has 0 unspecified atom stereocenters. The number of piperazine rings is 1. The van der Waals surface area contributed by atoms with Gasteiger partial charge < -0.3 is 11.1 Å². The Morgan fingerprint density at radius 3 is 2.06 bits per heavy atom. The van der Waals surface area contributed by atoms with E-state index in [0.717, 1.165) is 0 Å². The number of rotatable bonds is 3. The summed E-state index contributed by atoms with van der Waals surface area (Å²) in [5.41, 5.74) is 5.24. The van der Waals surface area contributed by atoms with E-state index in [0.29, 0.717) is 52.1 Å². The van der Waals surface area contributed by atoms with E-state index in [2.05, 4.69) is 5.32 Å². The first-order chi connectivity index (χ1) is 8.51. The first kappa shape index (κ1) is 13.7. The van der Waals surface area contributed by atoms with Gasteiger partial charge in [-0.15, -0.1) is 0 Å². The predicted octanol–water partition coefficient (Wildman–Crippen LogP) is -1.67. The molecule has 0 aromatic carbocycles. The van der Waals surface area contributed by atoms with Crippen LogP contribution in [-0.4, -0.2) is 62.2 Å². The fourth-order valence-corrected chi connectivity index (χ4v) is 4.05. The molecule has 2 aliphatic heterocycles. The smallest absolute Gasteiger partial charge is 0.282 e. The molecule has 7 nitrogen and oxygen atoms in total. The third kappa shape index (κ3) is 2.82. The highest BCUT2D eigenvalue weighted by molar-refractivity contribution is 7.86. The SMILES string of the molecule is NC(=O)C1CCN(S(=O)(=O)N2CCNCC2)CC1. The van der Waals surface area contributed by atoms with Crippen molar-refractivity contribution >= 4 is 16.1 Å². The maximum absolute atomic E-state index is 12.3. The lowest BCUT2D eigenvalue weighted by Gasteiger charge is -2.35. The van der Waals surface area contributed by atoms with E-state index in [1.54, 1.807) is 0 Å². The summed E-state index contributed by atoms with van der Waals surface area (Å²) in [4.78, 5) is 11.0. The molecule has 2 aliphatic rings. The largest absolute Gasteiger partial charge is 0.369 e. The van der Waals surface area contributed by atoms with Crippen LogP contribution in [0.1, 0.15) is 12.8 Å². The molecule has 0 bridgehead atoms. The van der Waals surface area contributed by atoms with Crippen LogP contribution < -0.4 is 11.1 Å². The van der Waals surface area contributed by atoms with Crippen molar-refractivity contribution in [1.82, 2.24) is 13.9 Å². The van der Waals surface area contributed by atoms with Crippen LogP contribution in [0, 0.1) is 5.92 Å². The van der Waals surface area contributed by atoms with Gasteiger partial charge in [0.2, 0.25) is 5.91 Å². The van der Waals surface area contributed by atoms with Crippen LogP contribution in [0.4, 0.5) is 0 Å². The highest BCUT2D eigenvalue weighted by Crippen LogP contribution is 2.21. The van der Waals surface area contributed by atoms with E-state index < -0.39 is 10.2 Å². The zero-order valence-electron chi connectivity index (χ0n) is 10.3. The summed E-state index contributed by atoms with van der Waals surface area (Å²) in [5.74, 6) is -0.506. The van der Waals surface area contributed by atoms with E-state index in [-0.39, 0.29) is 11.8 Å². The van der Waals surface area contributed by atoms with Gasteiger partial charge in [-0.25, -0.2) is 0 Å². The molecule has 104 valence electrons. The maximum atomic E-state index is 12.3. The summed E-state index contributed by atoms with van der Waals surface area (Å²) < 4.78 is 27.6.